The zero-order valence-corrected chi connectivity index (χ0v) is 13.4. The van der Waals surface area contributed by atoms with Crippen LogP contribution in [0.1, 0.15) is 16.7 Å². The van der Waals surface area contributed by atoms with Crippen LogP contribution >= 0.6 is 0 Å². The molecule has 1 amide bonds. The van der Waals surface area contributed by atoms with Gasteiger partial charge in [0.25, 0.3) is 6.01 Å². The van der Waals surface area contributed by atoms with Crippen LogP contribution in [0.4, 0.5) is 11.7 Å². The Morgan fingerprint density at radius 3 is 2.52 bits per heavy atom. The molecule has 0 aliphatic carbocycles. The number of para-hydroxylation sites is 2. The van der Waals surface area contributed by atoms with Crippen molar-refractivity contribution in [3.05, 3.63) is 53.1 Å². The Kier molecular flexibility index (Phi) is 4.02. The largest absolute Gasteiger partial charge is 0.424 e. The zero-order valence-electron chi connectivity index (χ0n) is 13.4. The molecule has 0 unspecified atom stereocenters. The Hall–Kier alpha value is -2.82. The Morgan fingerprint density at radius 2 is 1.83 bits per heavy atom. The smallest absolute Gasteiger partial charge is 0.296 e. The highest BCUT2D eigenvalue weighted by Gasteiger charge is 2.10. The number of aryl methyl sites for hydroxylation is 3. The number of fused-ring (bicyclic) bond motifs is 1. The zero-order chi connectivity index (χ0) is 16.4. The molecular formula is C18H19N3O2. The topological polar surface area (TPSA) is 67.2 Å². The van der Waals surface area contributed by atoms with Gasteiger partial charge in [0.15, 0.2) is 5.58 Å². The van der Waals surface area contributed by atoms with Gasteiger partial charge in [0.1, 0.15) is 5.52 Å². The van der Waals surface area contributed by atoms with Crippen molar-refractivity contribution in [3.8, 4) is 0 Å². The third kappa shape index (κ3) is 3.34. The summed E-state index contributed by atoms with van der Waals surface area (Å²) >= 11 is 0. The molecule has 0 fully saturated rings. The number of aromatic nitrogens is 1. The highest BCUT2D eigenvalue weighted by molar-refractivity contribution is 5.95. The van der Waals surface area contributed by atoms with E-state index in [-0.39, 0.29) is 12.5 Å². The average molecular weight is 309 g/mol. The average Bonchev–Trinajstić information content (AvgIpc) is 2.91. The van der Waals surface area contributed by atoms with E-state index in [2.05, 4.69) is 27.8 Å². The Bertz CT molecular complexity index is 812. The lowest BCUT2D eigenvalue weighted by Gasteiger charge is -2.12. The van der Waals surface area contributed by atoms with E-state index in [9.17, 15) is 4.79 Å². The van der Waals surface area contributed by atoms with Gasteiger partial charge in [-0.3, -0.25) is 4.79 Å². The lowest BCUT2D eigenvalue weighted by Crippen LogP contribution is -2.22. The predicted molar refractivity (Wildman–Crippen MR) is 91.8 cm³/mol. The first-order valence-electron chi connectivity index (χ1n) is 7.50. The first kappa shape index (κ1) is 15.1. The van der Waals surface area contributed by atoms with Gasteiger partial charge in [0.05, 0.1) is 6.54 Å². The van der Waals surface area contributed by atoms with Crippen LogP contribution in [-0.2, 0) is 4.79 Å². The maximum atomic E-state index is 12.1. The predicted octanol–water partition coefficient (Wildman–Crippen LogP) is 3.80. The molecule has 0 aliphatic rings. The summed E-state index contributed by atoms with van der Waals surface area (Å²) in [5.74, 6) is -0.137. The van der Waals surface area contributed by atoms with Crippen LogP contribution in [0.5, 0.6) is 0 Å². The van der Waals surface area contributed by atoms with Crippen LogP contribution in [-0.4, -0.2) is 17.4 Å². The van der Waals surface area contributed by atoms with Gasteiger partial charge < -0.3 is 15.1 Å². The maximum absolute atomic E-state index is 12.1. The molecule has 5 nitrogen and oxygen atoms in total. The minimum atomic E-state index is -0.137. The van der Waals surface area contributed by atoms with Crippen LogP contribution in [0, 0.1) is 20.8 Å². The van der Waals surface area contributed by atoms with Crippen LogP contribution in [0.25, 0.3) is 11.1 Å². The molecule has 5 heteroatoms. The summed E-state index contributed by atoms with van der Waals surface area (Å²) < 4.78 is 5.53. The van der Waals surface area contributed by atoms with Crippen molar-refractivity contribution in [2.75, 3.05) is 17.2 Å². The summed E-state index contributed by atoms with van der Waals surface area (Å²) in [6, 6.07) is 11.9. The van der Waals surface area contributed by atoms with Crippen molar-refractivity contribution in [1.29, 1.82) is 0 Å². The van der Waals surface area contributed by atoms with Gasteiger partial charge in [-0.15, -0.1) is 0 Å². The standard InChI is InChI=1S/C18H19N3O2/c1-11-8-12(2)17(13(3)9-11)21-16(22)10-19-18-20-14-6-4-5-7-15(14)23-18/h4-9H,10H2,1-3H3,(H,19,20)(H,21,22). The second-order valence-electron chi connectivity index (χ2n) is 5.66. The number of anilines is 2. The number of carbonyl (C=O) groups excluding carboxylic acids is 1. The number of benzene rings is 2. The van der Waals surface area contributed by atoms with Crippen molar-refractivity contribution in [2.24, 2.45) is 0 Å². The van der Waals surface area contributed by atoms with Gasteiger partial charge in [-0.1, -0.05) is 29.8 Å². The molecule has 0 radical (unpaired) electrons. The molecule has 0 atom stereocenters. The van der Waals surface area contributed by atoms with Gasteiger partial charge in [0.2, 0.25) is 5.91 Å². The number of rotatable bonds is 4. The van der Waals surface area contributed by atoms with Gasteiger partial charge in [-0.25, -0.2) is 0 Å². The van der Waals surface area contributed by atoms with E-state index in [1.165, 1.54) is 5.56 Å². The van der Waals surface area contributed by atoms with E-state index < -0.39 is 0 Å². The summed E-state index contributed by atoms with van der Waals surface area (Å²) in [5, 5.41) is 5.85. The molecule has 1 aromatic heterocycles. The molecule has 0 saturated carbocycles. The lowest BCUT2D eigenvalue weighted by atomic mass is 10.1. The molecule has 23 heavy (non-hydrogen) atoms. The van der Waals surface area contributed by atoms with Crippen LogP contribution in [0.3, 0.4) is 0 Å². The number of hydrogen-bond donors (Lipinski definition) is 2. The van der Waals surface area contributed by atoms with E-state index in [0.29, 0.717) is 11.6 Å². The van der Waals surface area contributed by atoms with E-state index in [1.54, 1.807) is 0 Å². The number of oxazole rings is 1. The van der Waals surface area contributed by atoms with Crippen molar-refractivity contribution >= 4 is 28.7 Å². The summed E-state index contributed by atoms with van der Waals surface area (Å²) in [6.45, 7) is 6.12. The number of amides is 1. The van der Waals surface area contributed by atoms with Crippen LogP contribution in [0.2, 0.25) is 0 Å². The molecule has 118 valence electrons. The fourth-order valence-electron chi connectivity index (χ4n) is 2.66. The van der Waals surface area contributed by atoms with Crippen molar-refractivity contribution in [1.82, 2.24) is 4.98 Å². The molecule has 2 aromatic carbocycles. The quantitative estimate of drug-likeness (QED) is 0.769. The van der Waals surface area contributed by atoms with Crippen LogP contribution < -0.4 is 10.6 Å². The summed E-state index contributed by atoms with van der Waals surface area (Å²) in [7, 11) is 0. The third-order valence-electron chi connectivity index (χ3n) is 3.64. The summed E-state index contributed by atoms with van der Waals surface area (Å²) in [4.78, 5) is 16.4. The molecule has 0 spiro atoms. The second kappa shape index (κ2) is 6.12. The highest BCUT2D eigenvalue weighted by atomic mass is 16.4. The van der Waals surface area contributed by atoms with Gasteiger partial charge >= 0.3 is 0 Å². The van der Waals surface area contributed by atoms with Gasteiger partial charge in [0, 0.05) is 5.69 Å². The number of carbonyl (C=O) groups is 1. The Morgan fingerprint density at radius 1 is 1.13 bits per heavy atom. The molecule has 3 rings (SSSR count). The molecule has 3 aromatic rings. The molecule has 0 aliphatic heterocycles. The maximum Gasteiger partial charge on any atom is 0.296 e. The first-order valence-corrected chi connectivity index (χ1v) is 7.50. The fourth-order valence-corrected chi connectivity index (χ4v) is 2.66. The molecular weight excluding hydrogens is 290 g/mol. The van der Waals surface area contributed by atoms with E-state index in [4.69, 9.17) is 4.42 Å². The fraction of sp³-hybridized carbons (Fsp3) is 0.222. The SMILES string of the molecule is Cc1cc(C)c(NC(=O)CNc2nc3ccccc3o2)c(C)c1. The normalized spacial score (nSPS) is 10.7. The first-order chi connectivity index (χ1) is 11.0. The Balaban J connectivity index is 1.66. The second-order valence-corrected chi connectivity index (χ2v) is 5.66. The Labute approximate surface area is 134 Å². The van der Waals surface area contributed by atoms with Crippen molar-refractivity contribution in [2.45, 2.75) is 20.8 Å². The summed E-state index contributed by atoms with van der Waals surface area (Å²) in [6.07, 6.45) is 0. The van der Waals surface area contributed by atoms with Crippen LogP contribution in [0.15, 0.2) is 40.8 Å². The van der Waals surface area contributed by atoms with Gasteiger partial charge in [-0.05, 0) is 44.0 Å². The minimum Gasteiger partial charge on any atom is -0.424 e. The van der Waals surface area contributed by atoms with Crippen molar-refractivity contribution < 1.29 is 9.21 Å². The number of nitrogens with one attached hydrogen (secondary N) is 2. The van der Waals surface area contributed by atoms with E-state index in [0.717, 1.165) is 22.3 Å². The molecule has 1 heterocycles. The monoisotopic (exact) mass is 309 g/mol. The molecule has 0 bridgehead atoms. The molecule has 2 N–H and O–H groups in total. The highest BCUT2D eigenvalue weighted by Crippen LogP contribution is 2.22. The van der Waals surface area contributed by atoms with Crippen molar-refractivity contribution in [3.63, 3.8) is 0 Å². The van der Waals surface area contributed by atoms with E-state index in [1.807, 2.05) is 45.0 Å². The summed E-state index contributed by atoms with van der Waals surface area (Å²) in [5.41, 5.74) is 5.61. The van der Waals surface area contributed by atoms with Gasteiger partial charge in [-0.2, -0.15) is 4.98 Å². The van der Waals surface area contributed by atoms with E-state index >= 15 is 0 Å². The number of hydrogen-bond acceptors (Lipinski definition) is 4. The minimum absolute atomic E-state index is 0.0968. The lowest BCUT2D eigenvalue weighted by molar-refractivity contribution is -0.114. The molecule has 0 saturated heterocycles. The third-order valence-corrected chi connectivity index (χ3v) is 3.64. The number of nitrogens with zero attached hydrogens (tertiary/aromatic N) is 1.